The van der Waals surface area contributed by atoms with Crippen molar-refractivity contribution in [2.24, 2.45) is 11.8 Å². The van der Waals surface area contributed by atoms with Crippen LogP contribution in [0, 0.1) is 23.1 Å². The number of thiophene rings is 1. The summed E-state index contributed by atoms with van der Waals surface area (Å²) in [6.45, 7) is 12.3. The Bertz CT molecular complexity index is 869. The molecular weight excluding hydrogens is 373 g/mol. The molecule has 5 heteroatoms. The summed E-state index contributed by atoms with van der Waals surface area (Å²) in [6.07, 6.45) is 2.86. The Hall–Kier alpha value is -2.27. The second-order valence-electron chi connectivity index (χ2n) is 7.47. The van der Waals surface area contributed by atoms with Gasteiger partial charge in [-0.25, -0.2) is 9.18 Å². The molecule has 2 rings (SSSR count). The van der Waals surface area contributed by atoms with Gasteiger partial charge >= 0.3 is 5.97 Å². The molecule has 1 aromatic heterocycles. The standard InChI is InChI=1S/C23H28FNO2S/c1-6-15(4)18(11-14(2)3)12-19-8-10-22(28-19)23(26)27-21-9-7-17(16(5)25)13-20(21)24/h7-10,13-14,18,25H,4,6,11-12H2,1-3,5H3. The van der Waals surface area contributed by atoms with E-state index in [4.69, 9.17) is 10.1 Å². The van der Waals surface area contributed by atoms with Crippen molar-refractivity contribution in [3.05, 3.63) is 63.6 Å². The van der Waals surface area contributed by atoms with Crippen LogP contribution in [0.5, 0.6) is 5.75 Å². The van der Waals surface area contributed by atoms with Crippen molar-refractivity contribution in [1.82, 2.24) is 0 Å². The number of ether oxygens (including phenoxy) is 1. The summed E-state index contributed by atoms with van der Waals surface area (Å²) in [7, 11) is 0. The van der Waals surface area contributed by atoms with Crippen LogP contribution in [0.2, 0.25) is 0 Å². The van der Waals surface area contributed by atoms with E-state index in [2.05, 4.69) is 27.4 Å². The number of hydrogen-bond donors (Lipinski definition) is 1. The second-order valence-corrected chi connectivity index (χ2v) is 8.64. The van der Waals surface area contributed by atoms with Crippen molar-refractivity contribution < 1.29 is 13.9 Å². The number of benzene rings is 1. The van der Waals surface area contributed by atoms with E-state index in [1.54, 1.807) is 19.1 Å². The van der Waals surface area contributed by atoms with Gasteiger partial charge in [0.2, 0.25) is 0 Å². The SMILES string of the molecule is C=C(CC)C(Cc1ccc(C(=O)Oc2ccc(C(C)=N)cc2F)s1)CC(C)C. The van der Waals surface area contributed by atoms with Crippen LogP contribution in [0.3, 0.4) is 0 Å². The zero-order valence-electron chi connectivity index (χ0n) is 17.0. The number of rotatable bonds is 9. The summed E-state index contributed by atoms with van der Waals surface area (Å²) in [6, 6.07) is 7.84. The second kappa shape index (κ2) is 9.78. The van der Waals surface area contributed by atoms with E-state index in [9.17, 15) is 9.18 Å². The normalized spacial score (nSPS) is 12.1. The number of carbonyl (C=O) groups excluding carboxylic acids is 1. The third-order valence-electron chi connectivity index (χ3n) is 4.67. The Morgan fingerprint density at radius 2 is 2.00 bits per heavy atom. The van der Waals surface area contributed by atoms with Crippen molar-refractivity contribution in [2.45, 2.75) is 47.0 Å². The molecule has 0 radical (unpaired) electrons. The van der Waals surface area contributed by atoms with Gasteiger partial charge in [-0.2, -0.15) is 0 Å². The van der Waals surface area contributed by atoms with Crippen molar-refractivity contribution in [3.63, 3.8) is 0 Å². The molecule has 1 heterocycles. The summed E-state index contributed by atoms with van der Waals surface area (Å²) >= 11 is 1.39. The number of esters is 1. The van der Waals surface area contributed by atoms with E-state index in [-0.39, 0.29) is 11.5 Å². The molecule has 0 spiro atoms. The first-order valence-corrected chi connectivity index (χ1v) is 10.4. The number of hydrogen-bond acceptors (Lipinski definition) is 4. The highest BCUT2D eigenvalue weighted by Crippen LogP contribution is 2.29. The minimum absolute atomic E-state index is 0.123. The molecule has 28 heavy (non-hydrogen) atoms. The molecule has 1 unspecified atom stereocenters. The van der Waals surface area contributed by atoms with Crippen LogP contribution >= 0.6 is 11.3 Å². The Labute approximate surface area is 170 Å². The Morgan fingerprint density at radius 3 is 2.57 bits per heavy atom. The minimum Gasteiger partial charge on any atom is -0.419 e. The van der Waals surface area contributed by atoms with Gasteiger partial charge in [-0.05, 0) is 73.9 Å². The molecule has 1 N–H and O–H groups in total. The van der Waals surface area contributed by atoms with Crippen LogP contribution in [-0.2, 0) is 6.42 Å². The summed E-state index contributed by atoms with van der Waals surface area (Å²) in [5, 5.41) is 7.54. The zero-order valence-corrected chi connectivity index (χ0v) is 17.8. The summed E-state index contributed by atoms with van der Waals surface area (Å²) in [4.78, 5) is 14.0. The van der Waals surface area contributed by atoms with Crippen LogP contribution < -0.4 is 4.74 Å². The van der Waals surface area contributed by atoms with E-state index >= 15 is 0 Å². The fourth-order valence-electron chi connectivity index (χ4n) is 3.06. The van der Waals surface area contributed by atoms with Crippen LogP contribution in [0.15, 0.2) is 42.5 Å². The van der Waals surface area contributed by atoms with Gasteiger partial charge in [-0.15, -0.1) is 11.3 Å². The molecule has 0 amide bonds. The molecule has 2 aromatic rings. The van der Waals surface area contributed by atoms with Crippen LogP contribution in [0.1, 0.15) is 60.6 Å². The van der Waals surface area contributed by atoms with Crippen LogP contribution in [0.4, 0.5) is 4.39 Å². The van der Waals surface area contributed by atoms with E-state index in [0.29, 0.717) is 22.3 Å². The molecule has 0 fully saturated rings. The van der Waals surface area contributed by atoms with Gasteiger partial charge in [0.15, 0.2) is 11.6 Å². The highest BCUT2D eigenvalue weighted by atomic mass is 32.1. The Balaban J connectivity index is 2.09. The van der Waals surface area contributed by atoms with E-state index in [1.165, 1.54) is 29.0 Å². The zero-order chi connectivity index (χ0) is 20.8. The molecule has 0 aliphatic rings. The first kappa shape index (κ1) is 22.0. The van der Waals surface area contributed by atoms with Gasteiger partial charge in [-0.3, -0.25) is 0 Å². The average molecular weight is 402 g/mol. The third kappa shape index (κ3) is 5.86. The lowest BCUT2D eigenvalue weighted by atomic mass is 9.86. The highest BCUT2D eigenvalue weighted by molar-refractivity contribution is 7.13. The van der Waals surface area contributed by atoms with Crippen molar-refractivity contribution >= 4 is 23.0 Å². The highest BCUT2D eigenvalue weighted by Gasteiger charge is 2.19. The molecule has 150 valence electrons. The molecule has 0 aliphatic carbocycles. The van der Waals surface area contributed by atoms with Gasteiger partial charge in [-0.1, -0.05) is 32.9 Å². The minimum atomic E-state index is -0.648. The van der Waals surface area contributed by atoms with E-state index < -0.39 is 11.8 Å². The molecule has 0 saturated carbocycles. The number of carbonyl (C=O) groups is 1. The maximum Gasteiger partial charge on any atom is 0.353 e. The van der Waals surface area contributed by atoms with Gasteiger partial charge in [0.25, 0.3) is 0 Å². The van der Waals surface area contributed by atoms with Gasteiger partial charge in [0.1, 0.15) is 4.88 Å². The molecule has 3 nitrogen and oxygen atoms in total. The monoisotopic (exact) mass is 401 g/mol. The summed E-state index contributed by atoms with van der Waals surface area (Å²) in [5.41, 5.74) is 1.95. The third-order valence-corrected chi connectivity index (χ3v) is 5.75. The van der Waals surface area contributed by atoms with Crippen molar-refractivity contribution in [3.8, 4) is 5.75 Å². The van der Waals surface area contributed by atoms with Gasteiger partial charge in [0.05, 0.1) is 0 Å². The van der Waals surface area contributed by atoms with Gasteiger partial charge in [0, 0.05) is 10.6 Å². The van der Waals surface area contributed by atoms with Crippen LogP contribution in [0.25, 0.3) is 0 Å². The summed E-state index contributed by atoms with van der Waals surface area (Å²) in [5.74, 6) is -0.369. The number of nitrogens with one attached hydrogen (secondary N) is 1. The van der Waals surface area contributed by atoms with Gasteiger partial charge < -0.3 is 10.1 Å². The maximum absolute atomic E-state index is 14.1. The molecule has 1 atom stereocenters. The van der Waals surface area contributed by atoms with E-state index in [0.717, 1.165) is 24.1 Å². The molecule has 0 bridgehead atoms. The lowest BCUT2D eigenvalue weighted by Gasteiger charge is -2.20. The van der Waals surface area contributed by atoms with Crippen molar-refractivity contribution in [2.75, 3.05) is 0 Å². The lowest BCUT2D eigenvalue weighted by Crippen LogP contribution is -2.10. The first-order valence-electron chi connectivity index (χ1n) is 9.54. The fourth-order valence-corrected chi connectivity index (χ4v) is 4.02. The predicted octanol–water partition coefficient (Wildman–Crippen LogP) is 6.67. The molecular formula is C23H28FNO2S. The Morgan fingerprint density at radius 1 is 1.29 bits per heavy atom. The topological polar surface area (TPSA) is 50.2 Å². The number of halogens is 1. The number of allylic oxidation sites excluding steroid dienone is 1. The van der Waals surface area contributed by atoms with Crippen molar-refractivity contribution in [1.29, 1.82) is 5.41 Å². The largest absolute Gasteiger partial charge is 0.419 e. The maximum atomic E-state index is 14.1. The van der Waals surface area contributed by atoms with E-state index in [1.807, 2.05) is 6.07 Å². The molecule has 0 saturated heterocycles. The molecule has 0 aliphatic heterocycles. The summed E-state index contributed by atoms with van der Waals surface area (Å²) < 4.78 is 19.4. The predicted molar refractivity (Wildman–Crippen MR) is 114 cm³/mol. The van der Waals surface area contributed by atoms with Crippen LogP contribution in [-0.4, -0.2) is 11.7 Å². The first-order chi connectivity index (χ1) is 13.2. The smallest absolute Gasteiger partial charge is 0.353 e. The quantitative estimate of drug-likeness (QED) is 0.221. The fraction of sp³-hybridized carbons (Fsp3) is 0.391. The lowest BCUT2D eigenvalue weighted by molar-refractivity contribution is 0.0733. The Kier molecular flexibility index (Phi) is 7.69. The molecule has 1 aromatic carbocycles. The average Bonchev–Trinajstić information content (AvgIpc) is 3.10.